The maximum absolute atomic E-state index is 12.9. The minimum absolute atomic E-state index is 0.0541. The molecule has 1 atom stereocenters. The van der Waals surface area contributed by atoms with Crippen molar-refractivity contribution in [3.8, 4) is 0 Å². The molecule has 144 valence electrons. The second-order valence-electron chi connectivity index (χ2n) is 7.18. The van der Waals surface area contributed by atoms with E-state index in [4.69, 9.17) is 0 Å². The largest absolute Gasteiger partial charge is 0.315 e. The number of aromatic nitrogens is 3. The van der Waals surface area contributed by atoms with Gasteiger partial charge in [-0.25, -0.2) is 0 Å². The molecule has 1 amide bonds. The van der Waals surface area contributed by atoms with Gasteiger partial charge in [-0.05, 0) is 37.5 Å². The maximum atomic E-state index is 12.9. The van der Waals surface area contributed by atoms with Gasteiger partial charge in [0.05, 0.1) is 11.8 Å². The summed E-state index contributed by atoms with van der Waals surface area (Å²) < 4.78 is 2.18. The lowest BCUT2D eigenvalue weighted by molar-refractivity contribution is -0.117. The second-order valence-corrected chi connectivity index (χ2v) is 8.49. The number of carbonyl (C=O) groups excluding carboxylic acids is 1. The molecule has 4 rings (SSSR count). The Morgan fingerprint density at radius 2 is 1.75 bits per heavy atom. The predicted molar refractivity (Wildman–Crippen MR) is 113 cm³/mol. The van der Waals surface area contributed by atoms with Crippen molar-refractivity contribution in [1.82, 2.24) is 14.8 Å². The standard InChI is InChI=1S/C22H24N4OS/c1-16(21(27)25(2)19-11-7-4-8-12-19)28-22-24-23-20(18-13-14-18)26(22)15-17-9-5-3-6-10-17/h3-12,16,18H,13-15H2,1-2H3. The number of para-hydroxylation sites is 1. The fourth-order valence-electron chi connectivity index (χ4n) is 3.21. The first-order valence-corrected chi connectivity index (χ1v) is 10.5. The SMILES string of the molecule is CC(Sc1nnc(C2CC2)n1Cc1ccccc1)C(=O)N(C)c1ccccc1. The third-order valence-electron chi connectivity index (χ3n) is 4.98. The van der Waals surface area contributed by atoms with Gasteiger partial charge >= 0.3 is 0 Å². The van der Waals surface area contributed by atoms with Crippen LogP contribution in [0.2, 0.25) is 0 Å². The minimum atomic E-state index is -0.254. The summed E-state index contributed by atoms with van der Waals surface area (Å²) in [6.45, 7) is 2.67. The van der Waals surface area contributed by atoms with Crippen LogP contribution in [0.3, 0.4) is 0 Å². The molecular formula is C22H24N4OS. The normalized spacial score (nSPS) is 14.6. The Bertz CT molecular complexity index is 938. The lowest BCUT2D eigenvalue weighted by atomic mass is 10.2. The van der Waals surface area contributed by atoms with Crippen LogP contribution in [0.5, 0.6) is 0 Å². The molecule has 1 fully saturated rings. The number of hydrogen-bond donors (Lipinski definition) is 0. The summed E-state index contributed by atoms with van der Waals surface area (Å²) in [7, 11) is 1.82. The molecule has 0 spiro atoms. The molecule has 0 N–H and O–H groups in total. The molecule has 3 aromatic rings. The Labute approximate surface area is 169 Å². The van der Waals surface area contributed by atoms with Gasteiger partial charge in [-0.3, -0.25) is 4.79 Å². The van der Waals surface area contributed by atoms with Crippen molar-refractivity contribution in [1.29, 1.82) is 0 Å². The fraction of sp³-hybridized carbons (Fsp3) is 0.318. The van der Waals surface area contributed by atoms with E-state index >= 15 is 0 Å². The van der Waals surface area contributed by atoms with E-state index in [1.54, 1.807) is 4.90 Å². The molecule has 1 aromatic heterocycles. The first kappa shape index (κ1) is 18.7. The van der Waals surface area contributed by atoms with Gasteiger partial charge in [0, 0.05) is 18.7 Å². The van der Waals surface area contributed by atoms with Crippen LogP contribution in [-0.2, 0) is 11.3 Å². The first-order valence-electron chi connectivity index (χ1n) is 9.60. The van der Waals surface area contributed by atoms with Crippen LogP contribution in [0.15, 0.2) is 65.8 Å². The molecule has 2 aromatic carbocycles. The summed E-state index contributed by atoms with van der Waals surface area (Å²) in [5, 5.41) is 9.45. The summed E-state index contributed by atoms with van der Waals surface area (Å²) in [5.74, 6) is 1.60. The third kappa shape index (κ3) is 4.12. The topological polar surface area (TPSA) is 51.0 Å². The van der Waals surface area contributed by atoms with Crippen molar-refractivity contribution < 1.29 is 4.79 Å². The van der Waals surface area contributed by atoms with Crippen LogP contribution < -0.4 is 4.90 Å². The Hall–Kier alpha value is -2.60. The van der Waals surface area contributed by atoms with E-state index in [9.17, 15) is 4.79 Å². The van der Waals surface area contributed by atoms with E-state index in [1.165, 1.54) is 30.2 Å². The van der Waals surface area contributed by atoms with E-state index in [0.29, 0.717) is 5.92 Å². The van der Waals surface area contributed by atoms with Crippen molar-refractivity contribution in [2.45, 2.75) is 42.6 Å². The lowest BCUT2D eigenvalue weighted by Gasteiger charge is -2.21. The van der Waals surface area contributed by atoms with E-state index in [2.05, 4.69) is 26.9 Å². The Balaban J connectivity index is 1.53. The lowest BCUT2D eigenvalue weighted by Crippen LogP contribution is -2.33. The molecule has 0 saturated heterocycles. The molecule has 6 heteroatoms. The fourth-order valence-corrected chi connectivity index (χ4v) is 4.15. The molecule has 1 heterocycles. The van der Waals surface area contributed by atoms with Crippen molar-refractivity contribution in [3.63, 3.8) is 0 Å². The summed E-state index contributed by atoms with van der Waals surface area (Å²) in [5.41, 5.74) is 2.11. The molecule has 1 aliphatic rings. The van der Waals surface area contributed by atoms with E-state index in [1.807, 2.05) is 62.5 Å². The summed E-state index contributed by atoms with van der Waals surface area (Å²) in [4.78, 5) is 14.6. The van der Waals surface area contributed by atoms with Gasteiger partial charge in [0.1, 0.15) is 5.82 Å². The predicted octanol–water partition coefficient (Wildman–Crippen LogP) is 4.35. The van der Waals surface area contributed by atoms with Crippen LogP contribution in [-0.4, -0.2) is 33.0 Å². The smallest absolute Gasteiger partial charge is 0.240 e. The molecule has 0 aliphatic heterocycles. The molecule has 1 saturated carbocycles. The number of carbonyl (C=O) groups is 1. The summed E-state index contributed by atoms with van der Waals surface area (Å²) in [6.07, 6.45) is 2.34. The molecule has 1 aliphatic carbocycles. The van der Waals surface area contributed by atoms with Gasteiger partial charge < -0.3 is 9.47 Å². The summed E-state index contributed by atoms with van der Waals surface area (Å²) >= 11 is 1.48. The van der Waals surface area contributed by atoms with Crippen LogP contribution >= 0.6 is 11.8 Å². The zero-order valence-electron chi connectivity index (χ0n) is 16.2. The maximum Gasteiger partial charge on any atom is 0.240 e. The molecule has 5 nitrogen and oxygen atoms in total. The Morgan fingerprint density at radius 3 is 2.39 bits per heavy atom. The molecule has 0 bridgehead atoms. The highest BCUT2D eigenvalue weighted by Crippen LogP contribution is 2.40. The van der Waals surface area contributed by atoms with Gasteiger partial charge in [-0.1, -0.05) is 60.3 Å². The highest BCUT2D eigenvalue weighted by molar-refractivity contribution is 8.00. The molecular weight excluding hydrogens is 368 g/mol. The monoisotopic (exact) mass is 392 g/mol. The molecule has 0 radical (unpaired) electrons. The Morgan fingerprint density at radius 1 is 1.11 bits per heavy atom. The van der Waals surface area contributed by atoms with Crippen molar-refractivity contribution in [2.75, 3.05) is 11.9 Å². The van der Waals surface area contributed by atoms with Gasteiger partial charge in [-0.15, -0.1) is 10.2 Å². The number of benzene rings is 2. The number of amides is 1. The average molecular weight is 393 g/mol. The number of hydrogen-bond acceptors (Lipinski definition) is 4. The van der Waals surface area contributed by atoms with Gasteiger partial charge in [0.2, 0.25) is 5.91 Å². The van der Waals surface area contributed by atoms with Crippen LogP contribution in [0.4, 0.5) is 5.69 Å². The Kier molecular flexibility index (Phi) is 5.48. The van der Waals surface area contributed by atoms with Gasteiger partial charge in [-0.2, -0.15) is 0 Å². The number of nitrogens with zero attached hydrogens (tertiary/aromatic N) is 4. The number of anilines is 1. The highest BCUT2D eigenvalue weighted by Gasteiger charge is 2.31. The molecule has 28 heavy (non-hydrogen) atoms. The number of thioether (sulfide) groups is 1. The van der Waals surface area contributed by atoms with Crippen molar-refractivity contribution in [2.24, 2.45) is 0 Å². The van der Waals surface area contributed by atoms with Gasteiger partial charge in [0.25, 0.3) is 0 Å². The molecule has 1 unspecified atom stereocenters. The quantitative estimate of drug-likeness (QED) is 0.561. The first-order chi connectivity index (χ1) is 13.6. The van der Waals surface area contributed by atoms with Crippen molar-refractivity contribution in [3.05, 3.63) is 72.1 Å². The van der Waals surface area contributed by atoms with Crippen LogP contribution in [0.25, 0.3) is 0 Å². The second kappa shape index (κ2) is 8.19. The van der Waals surface area contributed by atoms with Crippen LogP contribution in [0.1, 0.15) is 37.1 Å². The van der Waals surface area contributed by atoms with Crippen molar-refractivity contribution >= 4 is 23.4 Å². The van der Waals surface area contributed by atoms with E-state index < -0.39 is 0 Å². The highest BCUT2D eigenvalue weighted by atomic mass is 32.2. The van der Waals surface area contributed by atoms with E-state index in [-0.39, 0.29) is 11.2 Å². The van der Waals surface area contributed by atoms with Crippen LogP contribution in [0, 0.1) is 0 Å². The summed E-state index contributed by atoms with van der Waals surface area (Å²) in [6, 6.07) is 20.1. The zero-order chi connectivity index (χ0) is 19.5. The zero-order valence-corrected chi connectivity index (χ0v) is 17.0. The number of rotatable bonds is 7. The van der Waals surface area contributed by atoms with E-state index in [0.717, 1.165) is 23.2 Å². The third-order valence-corrected chi connectivity index (χ3v) is 6.04. The minimum Gasteiger partial charge on any atom is -0.315 e. The van der Waals surface area contributed by atoms with Gasteiger partial charge in [0.15, 0.2) is 5.16 Å². The average Bonchev–Trinajstić information content (AvgIpc) is 3.51.